The van der Waals surface area contributed by atoms with Gasteiger partial charge in [-0.05, 0) is 63.3 Å². The number of carbonyl (C=O) groups excluding carboxylic acids is 1. The minimum atomic E-state index is -0.0627. The third kappa shape index (κ3) is 3.42. The van der Waals surface area contributed by atoms with Crippen LogP contribution in [0.15, 0.2) is 40.9 Å². The van der Waals surface area contributed by atoms with Crippen LogP contribution in [-0.2, 0) is 0 Å². The van der Waals surface area contributed by atoms with Gasteiger partial charge in [-0.1, -0.05) is 17.3 Å². The van der Waals surface area contributed by atoms with Crippen LogP contribution >= 0.6 is 0 Å². The molecule has 0 bridgehead atoms. The van der Waals surface area contributed by atoms with Gasteiger partial charge in [0.2, 0.25) is 0 Å². The van der Waals surface area contributed by atoms with Crippen LogP contribution in [0.1, 0.15) is 52.0 Å². The van der Waals surface area contributed by atoms with Crippen molar-refractivity contribution in [3.05, 3.63) is 64.7 Å². The molecule has 28 heavy (non-hydrogen) atoms. The zero-order valence-electron chi connectivity index (χ0n) is 16.7. The van der Waals surface area contributed by atoms with E-state index in [1.54, 1.807) is 7.11 Å². The number of hydrogen-bond donors (Lipinski definition) is 1. The molecule has 2 aromatic heterocycles. The van der Waals surface area contributed by atoms with Crippen molar-refractivity contribution in [2.45, 2.75) is 39.7 Å². The van der Waals surface area contributed by atoms with Crippen LogP contribution in [0.4, 0.5) is 0 Å². The summed E-state index contributed by atoms with van der Waals surface area (Å²) in [7, 11) is 1.65. The minimum absolute atomic E-state index is 0.00996. The van der Waals surface area contributed by atoms with E-state index in [9.17, 15) is 4.79 Å². The molecule has 0 unspecified atom stereocenters. The molecule has 146 valence electrons. The van der Waals surface area contributed by atoms with E-state index in [4.69, 9.17) is 9.26 Å². The number of benzene rings is 1. The van der Waals surface area contributed by atoms with Gasteiger partial charge in [-0.15, -0.1) is 0 Å². The molecule has 4 rings (SSSR count). The van der Waals surface area contributed by atoms with E-state index in [1.165, 1.54) is 0 Å². The fourth-order valence-electron chi connectivity index (χ4n) is 3.74. The Morgan fingerprint density at radius 3 is 2.50 bits per heavy atom. The Hall–Kier alpha value is -3.02. The lowest BCUT2D eigenvalue weighted by Crippen LogP contribution is -2.30. The molecule has 1 saturated carbocycles. The standard InChI is InChI=1S/C22H25N3O3/c1-13-11-19(15(3)25(13)20-12-14(2)28-24-20)22(26)23-21(16-5-6-16)17-7-9-18(27-4)10-8-17/h7-12,16,21H,5-6H2,1-4H3,(H,23,26)/t21-/m1/s1. The lowest BCUT2D eigenvalue weighted by Gasteiger charge is -2.19. The second-order valence-electron chi connectivity index (χ2n) is 7.48. The highest BCUT2D eigenvalue weighted by Gasteiger charge is 2.34. The van der Waals surface area contributed by atoms with Gasteiger partial charge in [0, 0.05) is 17.5 Å². The third-order valence-corrected chi connectivity index (χ3v) is 5.38. The summed E-state index contributed by atoms with van der Waals surface area (Å²) in [4.78, 5) is 13.1. The van der Waals surface area contributed by atoms with Crippen molar-refractivity contribution in [3.63, 3.8) is 0 Å². The zero-order chi connectivity index (χ0) is 19.8. The van der Waals surface area contributed by atoms with Crippen molar-refractivity contribution in [3.8, 4) is 11.6 Å². The van der Waals surface area contributed by atoms with Gasteiger partial charge < -0.3 is 14.6 Å². The van der Waals surface area contributed by atoms with Crippen LogP contribution < -0.4 is 10.1 Å². The molecule has 6 heteroatoms. The van der Waals surface area contributed by atoms with Gasteiger partial charge in [-0.25, -0.2) is 0 Å². The summed E-state index contributed by atoms with van der Waals surface area (Å²) < 4.78 is 12.4. The topological polar surface area (TPSA) is 69.3 Å². The summed E-state index contributed by atoms with van der Waals surface area (Å²) in [6, 6.07) is 11.7. The molecule has 1 amide bonds. The SMILES string of the molecule is COc1ccc([C@H](NC(=O)c2cc(C)n(-c3cc(C)on3)c2C)C2CC2)cc1. The number of carbonyl (C=O) groups is 1. The number of amides is 1. The highest BCUT2D eigenvalue weighted by atomic mass is 16.5. The summed E-state index contributed by atoms with van der Waals surface area (Å²) in [5.41, 5.74) is 3.57. The van der Waals surface area contributed by atoms with Crippen LogP contribution in [0.2, 0.25) is 0 Å². The molecular weight excluding hydrogens is 354 g/mol. The largest absolute Gasteiger partial charge is 0.497 e. The maximum atomic E-state index is 13.1. The Labute approximate surface area is 164 Å². The Morgan fingerprint density at radius 2 is 1.93 bits per heavy atom. The first-order valence-electron chi connectivity index (χ1n) is 9.55. The van der Waals surface area contributed by atoms with Gasteiger partial charge in [0.15, 0.2) is 5.82 Å². The zero-order valence-corrected chi connectivity index (χ0v) is 16.7. The number of nitrogens with one attached hydrogen (secondary N) is 1. The highest BCUT2D eigenvalue weighted by molar-refractivity contribution is 5.96. The van der Waals surface area contributed by atoms with Crippen molar-refractivity contribution in [1.29, 1.82) is 0 Å². The Balaban J connectivity index is 1.60. The molecule has 1 aliphatic rings. The van der Waals surface area contributed by atoms with Gasteiger partial charge in [-0.3, -0.25) is 9.36 Å². The molecule has 1 aliphatic carbocycles. The number of aryl methyl sites for hydroxylation is 2. The first kappa shape index (κ1) is 18.3. The van der Waals surface area contributed by atoms with Crippen LogP contribution in [0.3, 0.4) is 0 Å². The average Bonchev–Trinajstić information content (AvgIpc) is 3.38. The molecule has 0 saturated heterocycles. The van der Waals surface area contributed by atoms with E-state index in [0.29, 0.717) is 17.3 Å². The molecule has 1 fully saturated rings. The molecule has 0 aliphatic heterocycles. The molecule has 2 heterocycles. The summed E-state index contributed by atoms with van der Waals surface area (Å²) in [5, 5.41) is 7.34. The highest BCUT2D eigenvalue weighted by Crippen LogP contribution is 2.41. The van der Waals surface area contributed by atoms with Crippen molar-refractivity contribution in [2.24, 2.45) is 5.92 Å². The maximum absolute atomic E-state index is 13.1. The van der Waals surface area contributed by atoms with E-state index in [1.807, 2.05) is 61.7 Å². The number of hydrogen-bond acceptors (Lipinski definition) is 4. The lowest BCUT2D eigenvalue weighted by molar-refractivity contribution is 0.0931. The molecule has 1 N–H and O–H groups in total. The fraction of sp³-hybridized carbons (Fsp3) is 0.364. The van der Waals surface area contributed by atoms with Crippen molar-refractivity contribution < 1.29 is 14.1 Å². The van der Waals surface area contributed by atoms with E-state index >= 15 is 0 Å². The normalized spacial score (nSPS) is 14.7. The van der Waals surface area contributed by atoms with E-state index in [0.717, 1.165) is 41.3 Å². The van der Waals surface area contributed by atoms with Crippen molar-refractivity contribution >= 4 is 5.91 Å². The van der Waals surface area contributed by atoms with Crippen LogP contribution in [0, 0.1) is 26.7 Å². The molecular formula is C22H25N3O3. The Morgan fingerprint density at radius 1 is 1.21 bits per heavy atom. The second kappa shape index (κ2) is 7.19. The average molecular weight is 379 g/mol. The Bertz CT molecular complexity index is 997. The summed E-state index contributed by atoms with van der Waals surface area (Å²) >= 11 is 0. The number of rotatable bonds is 6. The van der Waals surface area contributed by atoms with Crippen LogP contribution in [-0.4, -0.2) is 22.7 Å². The van der Waals surface area contributed by atoms with Gasteiger partial charge in [0.25, 0.3) is 5.91 Å². The Kier molecular flexibility index (Phi) is 4.71. The predicted octanol–water partition coefficient (Wildman–Crippen LogP) is 4.28. The minimum Gasteiger partial charge on any atom is -0.497 e. The van der Waals surface area contributed by atoms with E-state index in [2.05, 4.69) is 10.5 Å². The first-order valence-corrected chi connectivity index (χ1v) is 9.55. The van der Waals surface area contributed by atoms with Gasteiger partial charge >= 0.3 is 0 Å². The molecule has 0 radical (unpaired) electrons. The summed E-state index contributed by atoms with van der Waals surface area (Å²) in [6.07, 6.45) is 2.27. The number of ether oxygens (including phenoxy) is 1. The molecule has 3 aromatic rings. The molecule has 0 spiro atoms. The third-order valence-electron chi connectivity index (χ3n) is 5.38. The summed E-state index contributed by atoms with van der Waals surface area (Å²) in [6.45, 7) is 5.76. The molecule has 6 nitrogen and oxygen atoms in total. The van der Waals surface area contributed by atoms with E-state index < -0.39 is 0 Å². The van der Waals surface area contributed by atoms with Gasteiger partial charge in [0.05, 0.1) is 18.7 Å². The number of aromatic nitrogens is 2. The molecule has 1 aromatic carbocycles. The van der Waals surface area contributed by atoms with E-state index in [-0.39, 0.29) is 11.9 Å². The smallest absolute Gasteiger partial charge is 0.253 e. The predicted molar refractivity (Wildman–Crippen MR) is 106 cm³/mol. The van der Waals surface area contributed by atoms with Gasteiger partial charge in [0.1, 0.15) is 11.5 Å². The van der Waals surface area contributed by atoms with Crippen molar-refractivity contribution in [2.75, 3.05) is 7.11 Å². The summed E-state index contributed by atoms with van der Waals surface area (Å²) in [5.74, 6) is 2.67. The molecule has 1 atom stereocenters. The monoisotopic (exact) mass is 379 g/mol. The number of methoxy groups -OCH3 is 1. The maximum Gasteiger partial charge on any atom is 0.253 e. The first-order chi connectivity index (χ1) is 13.5. The van der Waals surface area contributed by atoms with Crippen LogP contribution in [0.25, 0.3) is 5.82 Å². The number of nitrogens with zero attached hydrogens (tertiary/aromatic N) is 2. The quantitative estimate of drug-likeness (QED) is 0.694. The fourth-order valence-corrected chi connectivity index (χ4v) is 3.74. The second-order valence-corrected chi connectivity index (χ2v) is 7.48. The van der Waals surface area contributed by atoms with Crippen molar-refractivity contribution in [1.82, 2.24) is 15.0 Å². The van der Waals surface area contributed by atoms with Crippen LogP contribution in [0.5, 0.6) is 5.75 Å². The lowest BCUT2D eigenvalue weighted by atomic mass is 10.0. The van der Waals surface area contributed by atoms with Gasteiger partial charge in [-0.2, -0.15) is 0 Å².